The van der Waals surface area contributed by atoms with E-state index in [1.54, 1.807) is 30.5 Å². The summed E-state index contributed by atoms with van der Waals surface area (Å²) in [5, 5.41) is 3.64. The van der Waals surface area contributed by atoms with Crippen LogP contribution in [0.2, 0.25) is 0 Å². The molecule has 0 atom stereocenters. The van der Waals surface area contributed by atoms with Crippen molar-refractivity contribution in [1.82, 2.24) is 24.3 Å². The molecule has 0 unspecified atom stereocenters. The largest absolute Gasteiger partial charge is 0.342 e. The van der Waals surface area contributed by atoms with Crippen molar-refractivity contribution in [3.05, 3.63) is 42.2 Å². The number of piperazine rings is 1. The van der Waals surface area contributed by atoms with E-state index in [9.17, 15) is 14.4 Å². The van der Waals surface area contributed by atoms with Crippen LogP contribution in [0, 0.1) is 0 Å². The highest BCUT2D eigenvalue weighted by Crippen LogP contribution is 2.17. The smallest absolute Gasteiger partial charge is 0.253 e. The minimum atomic E-state index is -0.123. The summed E-state index contributed by atoms with van der Waals surface area (Å²) in [6.45, 7) is 4.80. The van der Waals surface area contributed by atoms with Crippen LogP contribution in [0.15, 0.2) is 41.8 Å². The molecular formula is C24H32N6O3S. The molecule has 0 bridgehead atoms. The average Bonchev–Trinajstić information content (AvgIpc) is 3.28. The van der Waals surface area contributed by atoms with Crippen LogP contribution in [-0.4, -0.2) is 93.5 Å². The Morgan fingerprint density at radius 2 is 1.65 bits per heavy atom. The number of aromatic nitrogens is 2. The molecule has 34 heavy (non-hydrogen) atoms. The van der Waals surface area contributed by atoms with Crippen molar-refractivity contribution in [3.63, 3.8) is 0 Å². The number of likely N-dealkylation sites (tertiary alicyclic amines) is 1. The third kappa shape index (κ3) is 6.38. The molecular weight excluding hydrogens is 452 g/mol. The molecule has 2 aliphatic rings. The lowest BCUT2D eigenvalue weighted by Crippen LogP contribution is -2.52. The maximum atomic E-state index is 12.9. The van der Waals surface area contributed by atoms with E-state index in [1.807, 2.05) is 27.6 Å². The molecule has 3 amide bonds. The molecule has 182 valence electrons. The van der Waals surface area contributed by atoms with Gasteiger partial charge in [0.1, 0.15) is 0 Å². The zero-order valence-corrected chi connectivity index (χ0v) is 20.4. The first kappa shape index (κ1) is 24.3. The molecule has 4 rings (SSSR count). The summed E-state index contributed by atoms with van der Waals surface area (Å²) in [7, 11) is 1.89. The summed E-state index contributed by atoms with van der Waals surface area (Å²) in [5.41, 5.74) is 1.25. The number of benzene rings is 1. The zero-order valence-electron chi connectivity index (χ0n) is 19.6. The van der Waals surface area contributed by atoms with Gasteiger partial charge >= 0.3 is 0 Å². The highest BCUT2D eigenvalue weighted by Gasteiger charge is 2.25. The van der Waals surface area contributed by atoms with E-state index in [2.05, 4.69) is 15.2 Å². The standard InChI is InChI=1S/C24H32N6O3S/c1-27-12-9-25-24(27)34-18-21(31)26-20-7-5-19(6-8-20)23(33)30-15-13-28(14-16-30)17-22(32)29-10-3-2-4-11-29/h5-9,12H,2-4,10-11,13-18H2,1H3,(H,26,31). The number of anilines is 1. The number of rotatable bonds is 7. The normalized spacial score (nSPS) is 17.0. The number of piperidine rings is 1. The number of hydrogen-bond acceptors (Lipinski definition) is 6. The van der Waals surface area contributed by atoms with E-state index in [-0.39, 0.29) is 23.5 Å². The van der Waals surface area contributed by atoms with Crippen molar-refractivity contribution in [2.45, 2.75) is 24.4 Å². The molecule has 0 radical (unpaired) electrons. The Bertz CT molecular complexity index is 994. The molecule has 2 fully saturated rings. The summed E-state index contributed by atoms with van der Waals surface area (Å²) >= 11 is 1.37. The maximum Gasteiger partial charge on any atom is 0.253 e. The second kappa shape index (κ2) is 11.5. The summed E-state index contributed by atoms with van der Waals surface area (Å²) in [5.74, 6) is 0.318. The van der Waals surface area contributed by atoms with Gasteiger partial charge in [-0.1, -0.05) is 11.8 Å². The van der Waals surface area contributed by atoms with Gasteiger partial charge in [-0.3, -0.25) is 19.3 Å². The monoisotopic (exact) mass is 484 g/mol. The predicted molar refractivity (Wildman–Crippen MR) is 132 cm³/mol. The van der Waals surface area contributed by atoms with Crippen molar-refractivity contribution in [2.24, 2.45) is 7.05 Å². The Morgan fingerprint density at radius 3 is 2.29 bits per heavy atom. The average molecular weight is 485 g/mol. The van der Waals surface area contributed by atoms with E-state index in [1.165, 1.54) is 18.2 Å². The second-order valence-electron chi connectivity index (χ2n) is 8.74. The van der Waals surface area contributed by atoms with E-state index in [0.717, 1.165) is 31.1 Å². The molecule has 2 aromatic rings. The van der Waals surface area contributed by atoms with E-state index < -0.39 is 0 Å². The number of nitrogens with one attached hydrogen (secondary N) is 1. The van der Waals surface area contributed by atoms with Crippen molar-refractivity contribution in [2.75, 3.05) is 56.9 Å². The highest BCUT2D eigenvalue weighted by molar-refractivity contribution is 7.99. The number of carbonyl (C=O) groups is 3. The van der Waals surface area contributed by atoms with Gasteiger partial charge < -0.3 is 19.7 Å². The van der Waals surface area contributed by atoms with Gasteiger partial charge in [0.25, 0.3) is 5.91 Å². The molecule has 2 aliphatic heterocycles. The molecule has 1 aromatic heterocycles. The lowest BCUT2D eigenvalue weighted by molar-refractivity contribution is -0.133. The fourth-order valence-electron chi connectivity index (χ4n) is 4.24. The lowest BCUT2D eigenvalue weighted by atomic mass is 10.1. The van der Waals surface area contributed by atoms with Crippen molar-refractivity contribution in [1.29, 1.82) is 0 Å². The van der Waals surface area contributed by atoms with Gasteiger partial charge in [-0.25, -0.2) is 4.98 Å². The molecule has 9 nitrogen and oxygen atoms in total. The summed E-state index contributed by atoms with van der Waals surface area (Å²) in [4.78, 5) is 47.8. The zero-order chi connectivity index (χ0) is 23.9. The summed E-state index contributed by atoms with van der Waals surface area (Å²) < 4.78 is 1.87. The number of nitrogens with zero attached hydrogens (tertiary/aromatic N) is 5. The fraction of sp³-hybridized carbons (Fsp3) is 0.500. The van der Waals surface area contributed by atoms with Crippen molar-refractivity contribution >= 4 is 35.2 Å². The minimum absolute atomic E-state index is 0.0229. The first-order valence-electron chi connectivity index (χ1n) is 11.8. The molecule has 10 heteroatoms. The number of imidazole rings is 1. The SMILES string of the molecule is Cn1ccnc1SCC(=O)Nc1ccc(C(=O)N2CCN(CC(=O)N3CCCCC3)CC2)cc1. The first-order valence-corrected chi connectivity index (χ1v) is 12.8. The van der Waals surface area contributed by atoms with Gasteiger partial charge in [0.2, 0.25) is 11.8 Å². The van der Waals surface area contributed by atoms with Crippen LogP contribution in [0.1, 0.15) is 29.6 Å². The number of carbonyl (C=O) groups excluding carboxylic acids is 3. The van der Waals surface area contributed by atoms with Gasteiger partial charge in [-0.2, -0.15) is 0 Å². The van der Waals surface area contributed by atoms with Crippen molar-refractivity contribution < 1.29 is 14.4 Å². The van der Waals surface area contributed by atoms with E-state index in [0.29, 0.717) is 44.0 Å². The molecule has 2 saturated heterocycles. The topological polar surface area (TPSA) is 90.8 Å². The van der Waals surface area contributed by atoms with Crippen LogP contribution in [0.25, 0.3) is 0 Å². The van der Waals surface area contributed by atoms with Crippen LogP contribution < -0.4 is 5.32 Å². The van der Waals surface area contributed by atoms with Gasteiger partial charge in [-0.05, 0) is 43.5 Å². The van der Waals surface area contributed by atoms with Crippen LogP contribution in [0.3, 0.4) is 0 Å². The number of hydrogen-bond donors (Lipinski definition) is 1. The Morgan fingerprint density at radius 1 is 0.941 bits per heavy atom. The quantitative estimate of drug-likeness (QED) is 0.604. The summed E-state index contributed by atoms with van der Waals surface area (Å²) in [6, 6.07) is 7.00. The molecule has 0 saturated carbocycles. The molecule has 1 aromatic carbocycles. The predicted octanol–water partition coefficient (Wildman–Crippen LogP) is 1.92. The Hall–Kier alpha value is -2.85. The van der Waals surface area contributed by atoms with Crippen LogP contribution in [-0.2, 0) is 16.6 Å². The third-order valence-electron chi connectivity index (χ3n) is 6.25. The third-order valence-corrected chi connectivity index (χ3v) is 7.31. The van der Waals surface area contributed by atoms with E-state index >= 15 is 0 Å². The number of thioether (sulfide) groups is 1. The first-order chi connectivity index (χ1) is 16.5. The molecule has 0 spiro atoms. The Kier molecular flexibility index (Phi) is 8.23. The lowest BCUT2D eigenvalue weighted by Gasteiger charge is -2.36. The fourth-order valence-corrected chi connectivity index (χ4v) is 4.97. The second-order valence-corrected chi connectivity index (χ2v) is 9.69. The Balaban J connectivity index is 1.21. The van der Waals surface area contributed by atoms with Crippen LogP contribution in [0.5, 0.6) is 0 Å². The number of amides is 3. The van der Waals surface area contributed by atoms with Crippen LogP contribution >= 0.6 is 11.8 Å². The highest BCUT2D eigenvalue weighted by atomic mass is 32.2. The van der Waals surface area contributed by atoms with Gasteiger partial charge in [-0.15, -0.1) is 0 Å². The summed E-state index contributed by atoms with van der Waals surface area (Å²) in [6.07, 6.45) is 6.94. The van der Waals surface area contributed by atoms with Gasteiger partial charge in [0.05, 0.1) is 12.3 Å². The van der Waals surface area contributed by atoms with E-state index in [4.69, 9.17) is 0 Å². The van der Waals surface area contributed by atoms with Gasteiger partial charge in [0.15, 0.2) is 5.16 Å². The molecule has 3 heterocycles. The number of aryl methyl sites for hydroxylation is 1. The molecule has 0 aliphatic carbocycles. The minimum Gasteiger partial charge on any atom is -0.342 e. The van der Waals surface area contributed by atoms with Crippen molar-refractivity contribution in [3.8, 4) is 0 Å². The van der Waals surface area contributed by atoms with Gasteiger partial charge in [0, 0.05) is 70.0 Å². The van der Waals surface area contributed by atoms with Crippen LogP contribution in [0.4, 0.5) is 5.69 Å². The Labute approximate surface area is 204 Å². The maximum absolute atomic E-state index is 12.9. The molecule has 1 N–H and O–H groups in total.